The van der Waals surface area contributed by atoms with E-state index < -0.39 is 28.5 Å². The van der Waals surface area contributed by atoms with Crippen molar-refractivity contribution in [3.8, 4) is 23.0 Å². The number of carbonyl (C=O) groups is 2. The molecule has 0 saturated carbocycles. The molecule has 0 saturated heterocycles. The van der Waals surface area contributed by atoms with Gasteiger partial charge in [0.15, 0.2) is 6.10 Å². The molecule has 4 rings (SSSR count). The van der Waals surface area contributed by atoms with Crippen molar-refractivity contribution in [2.75, 3.05) is 10.6 Å². The fourth-order valence-corrected chi connectivity index (χ4v) is 6.89. The molecule has 1 heterocycles. The van der Waals surface area contributed by atoms with Gasteiger partial charge in [-0.1, -0.05) is 90.2 Å². The van der Waals surface area contributed by atoms with E-state index in [0.717, 1.165) is 25.7 Å². The van der Waals surface area contributed by atoms with Crippen molar-refractivity contribution in [3.63, 3.8) is 0 Å². The van der Waals surface area contributed by atoms with E-state index in [0.29, 0.717) is 34.1 Å². The molecule has 1 aliphatic rings. The molecule has 4 N–H and O–H groups in total. The number of aromatic hydroxyl groups is 2. The molecule has 0 aliphatic carbocycles. The van der Waals surface area contributed by atoms with E-state index in [-0.39, 0.29) is 34.5 Å². The second kappa shape index (κ2) is 17.6. The number of anilines is 2. The molecule has 0 radical (unpaired) electrons. The van der Waals surface area contributed by atoms with E-state index in [1.165, 1.54) is 68.9 Å². The number of halogens is 1. The number of hydrogen-bond acceptors (Lipinski definition) is 7. The van der Waals surface area contributed by atoms with Crippen LogP contribution in [0.3, 0.4) is 0 Å². The van der Waals surface area contributed by atoms with Gasteiger partial charge in [-0.25, -0.2) is 4.21 Å². The first-order chi connectivity index (χ1) is 23.0. The van der Waals surface area contributed by atoms with Gasteiger partial charge in [-0.15, -0.1) is 0 Å². The Bertz CT molecular complexity index is 1560. The normalized spacial score (nSPS) is 14.8. The number of benzene rings is 3. The number of unbranched alkanes of at least 4 members (excludes halogenated alkanes) is 9. The standard InChI is InChI=1S/C37H47ClN2O7S/c1-4-5-6-7-8-9-10-11-12-13-14-31(46-26-19-21-28(22-20-26)48(45)47-27-17-15-25(41)16-18-27)36(44)39-30-23-29(38)34-33(35(30)43)37(2,3)24-32(42)40-34/h15-23,31,41,43H,4-14,24H2,1-3H3,(H,39,44)(H,40,42). The molecule has 3 aromatic rings. The zero-order valence-electron chi connectivity index (χ0n) is 28.0. The Balaban J connectivity index is 1.44. The fraction of sp³-hybridized carbons (Fsp3) is 0.459. The average molecular weight is 699 g/mol. The largest absolute Gasteiger partial charge is 0.508 e. The lowest BCUT2D eigenvalue weighted by molar-refractivity contribution is -0.123. The third kappa shape index (κ3) is 10.4. The highest BCUT2D eigenvalue weighted by Gasteiger charge is 2.37. The van der Waals surface area contributed by atoms with Crippen LogP contribution in [0.15, 0.2) is 59.5 Å². The van der Waals surface area contributed by atoms with Crippen LogP contribution < -0.4 is 19.6 Å². The second-order valence-electron chi connectivity index (χ2n) is 13.0. The molecule has 48 heavy (non-hydrogen) atoms. The highest BCUT2D eigenvalue weighted by Crippen LogP contribution is 2.49. The summed E-state index contributed by atoms with van der Waals surface area (Å²) in [4.78, 5) is 26.4. The Morgan fingerprint density at radius 3 is 2.15 bits per heavy atom. The molecular formula is C37H47ClN2O7S. The lowest BCUT2D eigenvalue weighted by Gasteiger charge is -2.34. The van der Waals surface area contributed by atoms with Gasteiger partial charge in [-0.2, -0.15) is 0 Å². The summed E-state index contributed by atoms with van der Waals surface area (Å²) in [6, 6.07) is 13.8. The summed E-state index contributed by atoms with van der Waals surface area (Å²) in [5.74, 6) is 0.0369. The number of rotatable bonds is 18. The van der Waals surface area contributed by atoms with Crippen LogP contribution in [0, 0.1) is 0 Å². The summed E-state index contributed by atoms with van der Waals surface area (Å²) in [6.45, 7) is 5.91. The molecule has 0 bridgehead atoms. The van der Waals surface area contributed by atoms with Crippen LogP contribution in [0.1, 0.15) is 103 Å². The first kappa shape index (κ1) is 37.1. The van der Waals surface area contributed by atoms with Crippen molar-refractivity contribution >= 4 is 45.9 Å². The smallest absolute Gasteiger partial charge is 0.265 e. The third-order valence-corrected chi connectivity index (χ3v) is 9.77. The number of amides is 2. The average Bonchev–Trinajstić information content (AvgIpc) is 3.04. The highest BCUT2D eigenvalue weighted by molar-refractivity contribution is 7.80. The van der Waals surface area contributed by atoms with Gasteiger partial charge in [-0.3, -0.25) is 9.59 Å². The number of phenols is 2. The number of ether oxygens (including phenoxy) is 1. The summed E-state index contributed by atoms with van der Waals surface area (Å²) in [5.41, 5.74) is 0.252. The molecule has 2 amide bonds. The van der Waals surface area contributed by atoms with Crippen molar-refractivity contribution in [1.82, 2.24) is 0 Å². The summed E-state index contributed by atoms with van der Waals surface area (Å²) >= 11 is 4.72. The predicted octanol–water partition coefficient (Wildman–Crippen LogP) is 9.17. The van der Waals surface area contributed by atoms with Crippen LogP contribution in [0.25, 0.3) is 0 Å². The van der Waals surface area contributed by atoms with E-state index in [1.54, 1.807) is 24.3 Å². The van der Waals surface area contributed by atoms with Crippen molar-refractivity contribution in [2.24, 2.45) is 0 Å². The Kier molecular flexibility index (Phi) is 13.6. The summed E-state index contributed by atoms with van der Waals surface area (Å²) < 4.78 is 24.4. The lowest BCUT2D eigenvalue weighted by Crippen LogP contribution is -2.35. The Morgan fingerprint density at radius 2 is 1.52 bits per heavy atom. The van der Waals surface area contributed by atoms with E-state index in [1.807, 2.05) is 13.8 Å². The van der Waals surface area contributed by atoms with Gasteiger partial charge in [0.2, 0.25) is 17.0 Å². The third-order valence-electron chi connectivity index (χ3n) is 8.47. The second-order valence-corrected chi connectivity index (χ2v) is 14.5. The molecule has 1 aliphatic heterocycles. The van der Waals surface area contributed by atoms with Crippen LogP contribution in [-0.4, -0.2) is 32.3 Å². The minimum absolute atomic E-state index is 0.0771. The quantitative estimate of drug-likeness (QED) is 0.0769. The molecule has 2 atom stereocenters. The van der Waals surface area contributed by atoms with E-state index in [2.05, 4.69) is 17.6 Å². The minimum Gasteiger partial charge on any atom is -0.508 e. The molecule has 11 heteroatoms. The number of hydrogen-bond donors (Lipinski definition) is 4. The SMILES string of the molecule is CCCCCCCCCCCCC(Oc1ccc(S(=O)Oc2ccc(O)cc2)cc1)C(=O)Nc1cc(Cl)c2c(c1O)C(C)(C)CC(=O)N2. The highest BCUT2D eigenvalue weighted by atomic mass is 35.5. The number of phenolic OH excluding ortho intramolecular Hbond substituents is 2. The van der Waals surface area contributed by atoms with Gasteiger partial charge in [0.05, 0.1) is 21.3 Å². The van der Waals surface area contributed by atoms with Crippen LogP contribution in [0.5, 0.6) is 23.0 Å². The van der Waals surface area contributed by atoms with Crippen molar-refractivity contribution in [1.29, 1.82) is 0 Å². The Hall–Kier alpha value is -3.76. The van der Waals surface area contributed by atoms with Gasteiger partial charge in [0, 0.05) is 17.4 Å². The summed E-state index contributed by atoms with van der Waals surface area (Å²) in [6.07, 6.45) is 11.3. The molecule has 2 unspecified atom stereocenters. The maximum Gasteiger partial charge on any atom is 0.265 e. The summed E-state index contributed by atoms with van der Waals surface area (Å²) in [5, 5.41) is 26.5. The van der Waals surface area contributed by atoms with E-state index in [9.17, 15) is 24.0 Å². The van der Waals surface area contributed by atoms with Gasteiger partial charge in [0.25, 0.3) is 5.91 Å². The first-order valence-electron chi connectivity index (χ1n) is 16.8. The molecule has 3 aromatic carbocycles. The van der Waals surface area contributed by atoms with Gasteiger partial charge in [-0.05, 0) is 67.4 Å². The maximum absolute atomic E-state index is 13.7. The van der Waals surface area contributed by atoms with Gasteiger partial charge >= 0.3 is 0 Å². The maximum atomic E-state index is 13.7. The molecule has 9 nitrogen and oxygen atoms in total. The minimum atomic E-state index is -1.81. The zero-order chi connectivity index (χ0) is 34.7. The van der Waals surface area contributed by atoms with Crippen LogP contribution in [0.2, 0.25) is 5.02 Å². The molecule has 260 valence electrons. The number of nitrogens with one attached hydrogen (secondary N) is 2. The van der Waals surface area contributed by atoms with E-state index in [4.69, 9.17) is 20.5 Å². The van der Waals surface area contributed by atoms with Crippen LogP contribution in [-0.2, 0) is 26.1 Å². The summed E-state index contributed by atoms with van der Waals surface area (Å²) in [7, 11) is 0. The van der Waals surface area contributed by atoms with Crippen LogP contribution >= 0.6 is 11.6 Å². The number of carbonyl (C=O) groups excluding carboxylic acids is 2. The van der Waals surface area contributed by atoms with Crippen molar-refractivity contribution < 1.29 is 32.9 Å². The van der Waals surface area contributed by atoms with Gasteiger partial charge in [0.1, 0.15) is 23.0 Å². The lowest BCUT2D eigenvalue weighted by atomic mass is 9.77. The van der Waals surface area contributed by atoms with E-state index >= 15 is 0 Å². The fourth-order valence-electron chi connectivity index (χ4n) is 5.89. The van der Waals surface area contributed by atoms with Crippen LogP contribution in [0.4, 0.5) is 11.4 Å². The number of fused-ring (bicyclic) bond motifs is 1. The van der Waals surface area contributed by atoms with Gasteiger partial charge < -0.3 is 29.8 Å². The molecule has 0 fully saturated rings. The van der Waals surface area contributed by atoms with Crippen molar-refractivity contribution in [2.45, 2.75) is 114 Å². The Morgan fingerprint density at radius 1 is 0.938 bits per heavy atom. The topological polar surface area (TPSA) is 134 Å². The molecular weight excluding hydrogens is 652 g/mol. The zero-order valence-corrected chi connectivity index (χ0v) is 29.6. The first-order valence-corrected chi connectivity index (χ1v) is 18.3. The molecule has 0 spiro atoms. The van der Waals surface area contributed by atoms with Crippen molar-refractivity contribution in [3.05, 3.63) is 65.2 Å². The monoisotopic (exact) mass is 698 g/mol. The molecule has 0 aromatic heterocycles. The Labute approximate surface area is 291 Å². The predicted molar refractivity (Wildman–Crippen MR) is 190 cm³/mol.